The Balaban J connectivity index is 1.17. The number of carbonyl (C=O) groups excluding carboxylic acids is 2. The van der Waals surface area contributed by atoms with Gasteiger partial charge < -0.3 is 34.5 Å². The third-order valence-electron chi connectivity index (χ3n) is 8.36. The maximum Gasteiger partial charge on any atom is 0.414 e. The number of amides is 1. The molecule has 3 aliphatic rings. The van der Waals surface area contributed by atoms with Crippen LogP contribution in [0.15, 0.2) is 35.3 Å². The monoisotopic (exact) mass is 612 g/mol. The Morgan fingerprint density at radius 1 is 1.14 bits per heavy atom. The number of anilines is 2. The summed E-state index contributed by atoms with van der Waals surface area (Å²) < 4.78 is 49.3. The molecular formula is C30H30F2N4O8. The van der Waals surface area contributed by atoms with Gasteiger partial charge in [-0.15, -0.1) is 0 Å². The van der Waals surface area contributed by atoms with Crippen molar-refractivity contribution in [3.63, 3.8) is 0 Å². The predicted octanol–water partition coefficient (Wildman–Crippen LogP) is 3.22. The minimum absolute atomic E-state index is 0.00445. The highest BCUT2D eigenvalue weighted by Gasteiger charge is 2.38. The molecule has 232 valence electrons. The number of ketones is 1. The summed E-state index contributed by atoms with van der Waals surface area (Å²) in [5, 5.41) is 9.43. The quantitative estimate of drug-likeness (QED) is 0.407. The molecule has 3 aliphatic heterocycles. The number of piperidine rings is 1. The SMILES string of the molecule is CC(=O)C(N)C1CN(c2ccc(OC3CCN(c4c(F)cc5c(=O)c(C(=O)O)cn6c5c4OCC6C)CC3)c(F)c2)C(=O)O1. The second-order valence-electron chi connectivity index (χ2n) is 11.3. The Labute approximate surface area is 249 Å². The van der Waals surface area contributed by atoms with Crippen molar-refractivity contribution in [2.45, 2.75) is 51.0 Å². The third kappa shape index (κ3) is 4.98. The first-order valence-electron chi connectivity index (χ1n) is 14.2. The summed E-state index contributed by atoms with van der Waals surface area (Å²) in [5.41, 5.74) is 5.33. The molecule has 6 rings (SSSR count). The van der Waals surface area contributed by atoms with E-state index in [1.54, 1.807) is 9.47 Å². The van der Waals surface area contributed by atoms with Gasteiger partial charge >= 0.3 is 12.1 Å². The predicted molar refractivity (Wildman–Crippen MR) is 154 cm³/mol. The highest BCUT2D eigenvalue weighted by molar-refractivity contribution is 5.97. The number of nitrogens with two attached hydrogens (primary N) is 1. The van der Waals surface area contributed by atoms with E-state index < -0.39 is 52.9 Å². The molecule has 0 bridgehead atoms. The zero-order chi connectivity index (χ0) is 31.4. The van der Waals surface area contributed by atoms with Crippen molar-refractivity contribution in [2.24, 2.45) is 5.73 Å². The normalized spacial score (nSPS) is 20.8. The first-order chi connectivity index (χ1) is 20.9. The van der Waals surface area contributed by atoms with E-state index in [0.29, 0.717) is 31.4 Å². The number of carboxylic acid groups (broad SMARTS) is 1. The summed E-state index contributed by atoms with van der Waals surface area (Å²) in [7, 11) is 0. The smallest absolute Gasteiger partial charge is 0.414 e. The number of Topliss-reactive ketones (excluding diaryl/α,β-unsaturated/α-hetero) is 1. The van der Waals surface area contributed by atoms with Crippen molar-refractivity contribution in [1.29, 1.82) is 0 Å². The number of hydrogen-bond donors (Lipinski definition) is 2. The zero-order valence-electron chi connectivity index (χ0n) is 23.9. The molecule has 14 heteroatoms. The molecule has 3 unspecified atom stereocenters. The Morgan fingerprint density at radius 3 is 2.52 bits per heavy atom. The maximum absolute atomic E-state index is 15.6. The average Bonchev–Trinajstić information content (AvgIpc) is 3.38. The van der Waals surface area contributed by atoms with Crippen molar-refractivity contribution in [2.75, 3.05) is 36.0 Å². The summed E-state index contributed by atoms with van der Waals surface area (Å²) in [5.74, 6) is -2.95. The maximum atomic E-state index is 15.6. The molecule has 4 heterocycles. The lowest BCUT2D eigenvalue weighted by molar-refractivity contribution is -0.120. The van der Waals surface area contributed by atoms with Crippen LogP contribution in [0.2, 0.25) is 0 Å². The standard InChI is InChI=1S/C30H30F2N4O8/c1-14-13-42-28-25-18(27(38)19(29(39)40)11-35(14)25)10-21(32)26(28)34-7-5-17(6-8-34)43-22-4-3-16(9-20(22)31)36-12-23(44-30(36)41)24(33)15(2)37/h3-4,9-11,14,17,23-24H,5-8,12-13,33H2,1-2H3,(H,39,40). The molecule has 2 aromatic carbocycles. The molecule has 2 fully saturated rings. The number of benzene rings is 2. The van der Waals surface area contributed by atoms with Gasteiger partial charge in [-0.2, -0.15) is 0 Å². The number of aromatic nitrogens is 1. The van der Waals surface area contributed by atoms with Crippen molar-refractivity contribution >= 4 is 40.1 Å². The summed E-state index contributed by atoms with van der Waals surface area (Å²) in [6.07, 6.45) is 0.153. The van der Waals surface area contributed by atoms with Crippen LogP contribution in [-0.4, -0.2) is 72.0 Å². The molecule has 3 N–H and O–H groups in total. The Morgan fingerprint density at radius 2 is 1.86 bits per heavy atom. The van der Waals surface area contributed by atoms with Crippen molar-refractivity contribution in [1.82, 2.24) is 4.57 Å². The van der Waals surface area contributed by atoms with E-state index in [9.17, 15) is 24.3 Å². The third-order valence-corrected chi connectivity index (χ3v) is 8.36. The van der Waals surface area contributed by atoms with E-state index in [2.05, 4.69) is 0 Å². The molecular weight excluding hydrogens is 582 g/mol. The van der Waals surface area contributed by atoms with E-state index in [1.165, 1.54) is 30.2 Å². The van der Waals surface area contributed by atoms with Gasteiger partial charge in [0.1, 0.15) is 41.9 Å². The van der Waals surface area contributed by atoms with Crippen LogP contribution in [0.1, 0.15) is 43.1 Å². The van der Waals surface area contributed by atoms with Crippen molar-refractivity contribution in [3.8, 4) is 11.5 Å². The number of carboxylic acids is 1. The average molecular weight is 613 g/mol. The van der Waals surface area contributed by atoms with Gasteiger partial charge in [-0.1, -0.05) is 0 Å². The number of rotatable bonds is 7. The largest absolute Gasteiger partial charge is 0.487 e. The molecule has 0 radical (unpaired) electrons. The van der Waals surface area contributed by atoms with Crippen LogP contribution < -0.4 is 30.4 Å². The molecule has 3 atom stereocenters. The van der Waals surface area contributed by atoms with Crippen LogP contribution in [0.4, 0.5) is 25.0 Å². The zero-order valence-corrected chi connectivity index (χ0v) is 23.9. The van der Waals surface area contributed by atoms with Gasteiger partial charge in [0.25, 0.3) is 0 Å². The number of hydrogen-bond acceptors (Lipinski definition) is 9. The van der Waals surface area contributed by atoms with Crippen LogP contribution in [0.25, 0.3) is 10.9 Å². The fourth-order valence-corrected chi connectivity index (χ4v) is 5.93. The van der Waals surface area contributed by atoms with Crippen molar-refractivity contribution in [3.05, 3.63) is 57.9 Å². The lowest BCUT2D eigenvalue weighted by Crippen LogP contribution is -2.43. The molecule has 12 nitrogen and oxygen atoms in total. The van der Waals surface area contributed by atoms with Gasteiger partial charge in [-0.3, -0.25) is 14.5 Å². The highest BCUT2D eigenvalue weighted by Crippen LogP contribution is 2.43. The number of nitrogens with zero attached hydrogens (tertiary/aromatic N) is 3. The molecule has 1 amide bonds. The molecule has 1 aromatic heterocycles. The Bertz CT molecular complexity index is 1750. The number of halogens is 2. The second kappa shape index (κ2) is 11.1. The van der Waals surface area contributed by atoms with Gasteiger partial charge in [-0.25, -0.2) is 18.4 Å². The van der Waals surface area contributed by atoms with Crippen LogP contribution in [0, 0.1) is 11.6 Å². The fraction of sp³-hybridized carbons (Fsp3) is 0.400. The van der Waals surface area contributed by atoms with Crippen LogP contribution in [-0.2, 0) is 9.53 Å². The van der Waals surface area contributed by atoms with Gasteiger partial charge in [0.2, 0.25) is 5.43 Å². The topological polar surface area (TPSA) is 154 Å². The lowest BCUT2D eigenvalue weighted by atomic mass is 10.0. The number of aromatic carboxylic acids is 1. The van der Waals surface area contributed by atoms with E-state index in [0.717, 1.165) is 12.1 Å². The number of cyclic esters (lactones) is 1. The minimum Gasteiger partial charge on any atom is -0.487 e. The van der Waals surface area contributed by atoms with Gasteiger partial charge in [0.15, 0.2) is 23.1 Å². The molecule has 0 spiro atoms. The van der Waals surface area contributed by atoms with E-state index in [-0.39, 0.29) is 53.2 Å². The number of pyridine rings is 1. The number of carbonyl (C=O) groups is 3. The first kappa shape index (κ1) is 29.4. The highest BCUT2D eigenvalue weighted by atomic mass is 19.1. The fourth-order valence-electron chi connectivity index (χ4n) is 5.93. The second-order valence-corrected chi connectivity index (χ2v) is 11.3. The molecule has 2 saturated heterocycles. The van der Waals surface area contributed by atoms with E-state index in [4.69, 9.17) is 19.9 Å². The van der Waals surface area contributed by atoms with Gasteiger partial charge in [-0.05, 0) is 32.0 Å². The van der Waals surface area contributed by atoms with Crippen LogP contribution in [0.5, 0.6) is 11.5 Å². The van der Waals surface area contributed by atoms with Gasteiger partial charge in [0, 0.05) is 38.2 Å². The first-order valence-corrected chi connectivity index (χ1v) is 14.2. The molecule has 44 heavy (non-hydrogen) atoms. The van der Waals surface area contributed by atoms with Gasteiger partial charge in [0.05, 0.1) is 29.2 Å². The molecule has 0 aliphatic carbocycles. The Hall–Kier alpha value is -4.72. The van der Waals surface area contributed by atoms with Crippen LogP contribution in [0.3, 0.4) is 0 Å². The molecule has 0 saturated carbocycles. The minimum atomic E-state index is -1.39. The summed E-state index contributed by atoms with van der Waals surface area (Å²) in [6, 6.07) is 3.88. The number of ether oxygens (including phenoxy) is 3. The summed E-state index contributed by atoms with van der Waals surface area (Å²) >= 11 is 0. The lowest BCUT2D eigenvalue weighted by Gasteiger charge is -2.36. The summed E-state index contributed by atoms with van der Waals surface area (Å²) in [6.45, 7) is 3.96. The van der Waals surface area contributed by atoms with E-state index in [1.807, 2.05) is 6.92 Å². The summed E-state index contributed by atoms with van der Waals surface area (Å²) in [4.78, 5) is 51.4. The van der Waals surface area contributed by atoms with Crippen LogP contribution >= 0.6 is 0 Å². The van der Waals surface area contributed by atoms with Crippen molar-refractivity contribution < 1.29 is 42.5 Å². The van der Waals surface area contributed by atoms with E-state index >= 15 is 8.78 Å². The molecule has 3 aromatic rings. The Kier molecular flexibility index (Phi) is 7.40.